The van der Waals surface area contributed by atoms with Crippen molar-refractivity contribution in [3.05, 3.63) is 179 Å². The Balaban J connectivity index is 1.30. The lowest BCUT2D eigenvalue weighted by molar-refractivity contribution is 0.346. The standard InChI is InChI=1S/C42H24N2O2/c43-25-27-11-1-2-12-29(27)26-21-23-28(24-22-26)44-35-18-8-10-20-37(35)46-41-39(44)38-32-15-5-9-19-36(32)45-40(38)42(41)33-16-6-3-13-30(33)31-14-4-7-17-34(31)42/h1-24H. The molecule has 0 fully saturated rings. The van der Waals surface area contributed by atoms with E-state index in [0.717, 1.165) is 73.1 Å². The van der Waals surface area contributed by atoms with Gasteiger partial charge in [-0.2, -0.15) is 5.26 Å². The Hall–Kier alpha value is -6.31. The van der Waals surface area contributed by atoms with Gasteiger partial charge in [-0.05, 0) is 69.8 Å². The summed E-state index contributed by atoms with van der Waals surface area (Å²) in [5.74, 6) is 2.52. The summed E-state index contributed by atoms with van der Waals surface area (Å²) in [4.78, 5) is 2.33. The van der Waals surface area contributed by atoms with Gasteiger partial charge >= 0.3 is 0 Å². The molecule has 0 unspecified atom stereocenters. The molecule has 1 spiro atoms. The molecule has 0 bridgehead atoms. The fourth-order valence-corrected chi connectivity index (χ4v) is 7.85. The maximum Gasteiger partial charge on any atom is 0.152 e. The lowest BCUT2D eigenvalue weighted by Gasteiger charge is -2.37. The van der Waals surface area contributed by atoms with E-state index >= 15 is 0 Å². The van der Waals surface area contributed by atoms with E-state index in [0.29, 0.717) is 5.56 Å². The minimum Gasteiger partial charge on any atom is -0.459 e. The molecule has 6 aromatic carbocycles. The summed E-state index contributed by atoms with van der Waals surface area (Å²) in [5, 5.41) is 10.8. The van der Waals surface area contributed by atoms with E-state index in [2.05, 4.69) is 114 Å². The normalized spacial score (nSPS) is 14.7. The zero-order chi connectivity index (χ0) is 30.4. The van der Waals surface area contributed by atoms with E-state index in [1.54, 1.807) is 0 Å². The van der Waals surface area contributed by atoms with E-state index in [4.69, 9.17) is 9.15 Å². The molecule has 46 heavy (non-hydrogen) atoms. The molecule has 0 saturated heterocycles. The first-order valence-corrected chi connectivity index (χ1v) is 15.4. The Morgan fingerprint density at radius 1 is 0.609 bits per heavy atom. The Morgan fingerprint density at radius 2 is 1.24 bits per heavy atom. The molecule has 0 saturated carbocycles. The summed E-state index contributed by atoms with van der Waals surface area (Å²) in [6.07, 6.45) is 0. The second-order valence-corrected chi connectivity index (χ2v) is 11.9. The van der Waals surface area contributed by atoms with Gasteiger partial charge in [0.2, 0.25) is 0 Å². The molecule has 0 atom stereocenters. The number of rotatable bonds is 2. The van der Waals surface area contributed by atoms with Gasteiger partial charge in [-0.15, -0.1) is 0 Å². The van der Waals surface area contributed by atoms with Gasteiger partial charge < -0.3 is 14.1 Å². The number of benzene rings is 6. The van der Waals surface area contributed by atoms with Crippen LogP contribution in [0.25, 0.3) is 38.9 Å². The van der Waals surface area contributed by atoms with Gasteiger partial charge in [-0.3, -0.25) is 0 Å². The van der Waals surface area contributed by atoms with Crippen LogP contribution in [0.3, 0.4) is 0 Å². The third-order valence-electron chi connectivity index (χ3n) is 9.71. The van der Waals surface area contributed by atoms with E-state index in [1.165, 1.54) is 11.1 Å². The van der Waals surface area contributed by atoms with Crippen LogP contribution in [0.4, 0.5) is 11.4 Å². The van der Waals surface area contributed by atoms with Crippen molar-refractivity contribution in [1.82, 2.24) is 0 Å². The van der Waals surface area contributed by atoms with Crippen molar-refractivity contribution in [2.75, 3.05) is 4.90 Å². The van der Waals surface area contributed by atoms with Crippen LogP contribution in [0, 0.1) is 11.3 Å². The summed E-state index contributed by atoms with van der Waals surface area (Å²) in [6, 6.07) is 52.4. The second-order valence-electron chi connectivity index (χ2n) is 11.9. The molecule has 7 aromatic rings. The number of fused-ring (bicyclic) bond motifs is 12. The highest BCUT2D eigenvalue weighted by Gasteiger charge is 2.60. The van der Waals surface area contributed by atoms with Crippen molar-refractivity contribution in [2.45, 2.75) is 5.41 Å². The van der Waals surface area contributed by atoms with Crippen molar-refractivity contribution in [3.63, 3.8) is 0 Å². The van der Waals surface area contributed by atoms with Crippen molar-refractivity contribution in [3.8, 4) is 34.1 Å². The van der Waals surface area contributed by atoms with Crippen LogP contribution in [0.15, 0.2) is 156 Å². The number of hydrogen-bond donors (Lipinski definition) is 0. The highest BCUT2D eigenvalue weighted by atomic mass is 16.5. The summed E-state index contributed by atoms with van der Waals surface area (Å²) in [5.41, 5.74) is 11.3. The van der Waals surface area contributed by atoms with Crippen LogP contribution in [-0.4, -0.2) is 0 Å². The SMILES string of the molecule is N#Cc1ccccc1-c1ccc(N2C3=C(Oc4ccccc42)C2(c4ccccc4-c4ccccc42)c2oc4ccccc4c23)cc1. The number of ether oxygens (including phenoxy) is 1. The molecule has 214 valence electrons. The van der Waals surface area contributed by atoms with Crippen LogP contribution in [0.2, 0.25) is 0 Å². The highest BCUT2D eigenvalue weighted by molar-refractivity contribution is 6.08. The molecular formula is C42H24N2O2. The van der Waals surface area contributed by atoms with E-state index in [-0.39, 0.29) is 0 Å². The Bertz CT molecular complexity index is 2430. The summed E-state index contributed by atoms with van der Waals surface area (Å²) >= 11 is 0. The lowest BCUT2D eigenvalue weighted by atomic mass is 9.76. The van der Waals surface area contributed by atoms with Crippen molar-refractivity contribution >= 4 is 28.0 Å². The van der Waals surface area contributed by atoms with E-state index < -0.39 is 5.41 Å². The number of nitrogens with zero attached hydrogens (tertiary/aromatic N) is 2. The third kappa shape index (κ3) is 3.06. The van der Waals surface area contributed by atoms with E-state index in [9.17, 15) is 5.26 Å². The number of anilines is 2. The summed E-state index contributed by atoms with van der Waals surface area (Å²) in [6.45, 7) is 0. The largest absolute Gasteiger partial charge is 0.459 e. The maximum atomic E-state index is 9.76. The fourth-order valence-electron chi connectivity index (χ4n) is 7.85. The minimum absolute atomic E-state index is 0.655. The first-order valence-electron chi connectivity index (χ1n) is 15.4. The van der Waals surface area contributed by atoms with Crippen LogP contribution < -0.4 is 9.64 Å². The van der Waals surface area contributed by atoms with Crippen LogP contribution in [0.5, 0.6) is 5.75 Å². The quantitative estimate of drug-likeness (QED) is 0.202. The Labute approximate surface area is 265 Å². The molecule has 1 aliphatic heterocycles. The van der Waals surface area contributed by atoms with Crippen molar-refractivity contribution in [2.24, 2.45) is 0 Å². The van der Waals surface area contributed by atoms with Gasteiger partial charge in [0, 0.05) is 11.1 Å². The number of furan rings is 1. The number of para-hydroxylation sites is 3. The maximum absolute atomic E-state index is 9.76. The fraction of sp³-hybridized carbons (Fsp3) is 0.0238. The molecule has 2 aliphatic carbocycles. The minimum atomic E-state index is -0.770. The van der Waals surface area contributed by atoms with Crippen LogP contribution in [-0.2, 0) is 5.41 Å². The zero-order valence-electron chi connectivity index (χ0n) is 24.6. The second kappa shape index (κ2) is 9.11. The smallest absolute Gasteiger partial charge is 0.152 e. The van der Waals surface area contributed by atoms with Gasteiger partial charge in [0.1, 0.15) is 16.8 Å². The van der Waals surface area contributed by atoms with Crippen molar-refractivity contribution < 1.29 is 9.15 Å². The Morgan fingerprint density at radius 3 is 2.00 bits per heavy atom. The lowest BCUT2D eigenvalue weighted by Crippen LogP contribution is -2.32. The van der Waals surface area contributed by atoms with Gasteiger partial charge in [0.25, 0.3) is 0 Å². The molecule has 1 aromatic heterocycles. The predicted octanol–water partition coefficient (Wildman–Crippen LogP) is 10.2. The molecule has 0 radical (unpaired) electrons. The first kappa shape index (κ1) is 25.1. The van der Waals surface area contributed by atoms with Crippen LogP contribution >= 0.6 is 0 Å². The number of nitriles is 1. The molecule has 0 amide bonds. The number of allylic oxidation sites excluding steroid dienone is 1. The monoisotopic (exact) mass is 588 g/mol. The molecule has 2 heterocycles. The average Bonchev–Trinajstić information content (AvgIpc) is 3.74. The van der Waals surface area contributed by atoms with Crippen LogP contribution in [0.1, 0.15) is 28.0 Å². The molecule has 0 N–H and O–H groups in total. The summed E-state index contributed by atoms with van der Waals surface area (Å²) in [7, 11) is 0. The first-order chi connectivity index (χ1) is 22.8. The van der Waals surface area contributed by atoms with Gasteiger partial charge in [-0.1, -0.05) is 109 Å². The van der Waals surface area contributed by atoms with Gasteiger partial charge in [0.05, 0.1) is 28.6 Å². The Kier molecular flexibility index (Phi) is 4.96. The van der Waals surface area contributed by atoms with Gasteiger partial charge in [-0.25, -0.2) is 0 Å². The topological polar surface area (TPSA) is 49.4 Å². The zero-order valence-corrected chi connectivity index (χ0v) is 24.6. The molecular weight excluding hydrogens is 564 g/mol. The molecule has 10 rings (SSSR count). The highest BCUT2D eigenvalue weighted by Crippen LogP contribution is 2.66. The molecule has 3 aliphatic rings. The van der Waals surface area contributed by atoms with E-state index in [1.807, 2.05) is 42.5 Å². The molecule has 4 heteroatoms. The van der Waals surface area contributed by atoms with Crippen molar-refractivity contribution in [1.29, 1.82) is 5.26 Å². The summed E-state index contributed by atoms with van der Waals surface area (Å²) < 4.78 is 14.1. The third-order valence-corrected chi connectivity index (χ3v) is 9.71. The average molecular weight is 589 g/mol. The molecule has 4 nitrogen and oxygen atoms in total. The van der Waals surface area contributed by atoms with Gasteiger partial charge in [0.15, 0.2) is 11.5 Å². The number of hydrogen-bond acceptors (Lipinski definition) is 4. The predicted molar refractivity (Wildman–Crippen MR) is 181 cm³/mol.